The largest absolute Gasteiger partial charge is 0.288 e. The minimum Gasteiger partial charge on any atom is -0.288 e. The Morgan fingerprint density at radius 3 is 2.71 bits per heavy atom. The number of thioether (sulfide) groups is 1. The molecule has 0 aliphatic rings. The van der Waals surface area contributed by atoms with Crippen LogP contribution in [-0.2, 0) is 4.79 Å². The lowest BCUT2D eigenvalue weighted by Gasteiger charge is -1.97. The number of rotatable bonds is 1. The van der Waals surface area contributed by atoms with Gasteiger partial charge in [0.2, 0.25) is 0 Å². The number of hydrogen-bond acceptors (Lipinski definition) is 2. The Morgan fingerprint density at radius 2 is 1.94 bits per heavy atom. The van der Waals surface area contributed by atoms with Gasteiger partial charge in [-0.25, -0.2) is 0 Å². The fourth-order valence-electron chi connectivity index (χ4n) is 1.54. The van der Waals surface area contributed by atoms with Gasteiger partial charge in [-0.2, -0.15) is 0 Å². The predicted octanol–water partition coefficient (Wildman–Crippen LogP) is 3.47. The van der Waals surface area contributed by atoms with E-state index in [1.165, 1.54) is 22.5 Å². The second-order valence-electron chi connectivity index (χ2n) is 3.64. The Labute approximate surface area is 105 Å². The van der Waals surface area contributed by atoms with Crippen LogP contribution in [0.2, 0.25) is 0 Å². The Hall–Kier alpha value is -1.72. The van der Waals surface area contributed by atoms with Crippen molar-refractivity contribution < 1.29 is 4.79 Å². The van der Waals surface area contributed by atoms with E-state index in [1.807, 2.05) is 18.2 Å². The first-order valence-corrected chi connectivity index (χ1v) is 6.35. The fraction of sp³-hybridized carbons (Fsp3) is 0.133. The molecule has 2 rings (SSSR count). The normalized spacial score (nSPS) is 9.71. The molecule has 0 fully saturated rings. The minimum atomic E-state index is 0.109. The van der Waals surface area contributed by atoms with Gasteiger partial charge in [-0.05, 0) is 22.9 Å². The molecule has 0 aliphatic heterocycles. The highest BCUT2D eigenvalue weighted by Crippen LogP contribution is 2.14. The summed E-state index contributed by atoms with van der Waals surface area (Å²) in [5.41, 5.74) is 0.993. The molecule has 84 valence electrons. The van der Waals surface area contributed by atoms with E-state index < -0.39 is 0 Å². The van der Waals surface area contributed by atoms with Crippen LogP contribution < -0.4 is 0 Å². The van der Waals surface area contributed by atoms with Gasteiger partial charge in [0, 0.05) is 12.5 Å². The summed E-state index contributed by atoms with van der Waals surface area (Å²) in [4.78, 5) is 10.7. The average molecular weight is 240 g/mol. The van der Waals surface area contributed by atoms with Crippen molar-refractivity contribution in [3.8, 4) is 11.8 Å². The zero-order chi connectivity index (χ0) is 12.1. The second kappa shape index (κ2) is 5.56. The molecule has 1 nitrogen and oxygen atoms in total. The first kappa shape index (κ1) is 11.8. The van der Waals surface area contributed by atoms with Crippen molar-refractivity contribution in [2.45, 2.75) is 6.92 Å². The predicted molar refractivity (Wildman–Crippen MR) is 74.0 cm³/mol. The Kier molecular flexibility index (Phi) is 3.85. The van der Waals surface area contributed by atoms with E-state index in [1.54, 1.807) is 6.92 Å². The summed E-state index contributed by atoms with van der Waals surface area (Å²) in [5, 5.41) is 2.52. The Balaban J connectivity index is 2.16. The maximum atomic E-state index is 10.7. The standard InChI is InChI=1S/C15H12OS/c1-12(16)17-10-4-5-13-8-9-14-6-2-3-7-15(14)11-13/h2-3,6-9,11H,10H2,1H3. The molecule has 17 heavy (non-hydrogen) atoms. The van der Waals surface area contributed by atoms with E-state index in [2.05, 4.69) is 36.1 Å². The van der Waals surface area contributed by atoms with Crippen LogP contribution >= 0.6 is 11.8 Å². The lowest BCUT2D eigenvalue weighted by molar-refractivity contribution is -0.109. The van der Waals surface area contributed by atoms with E-state index in [9.17, 15) is 4.79 Å². The third-order valence-electron chi connectivity index (χ3n) is 2.33. The molecule has 0 spiro atoms. The van der Waals surface area contributed by atoms with Crippen LogP contribution in [0.5, 0.6) is 0 Å². The molecule has 0 aromatic heterocycles. The summed E-state index contributed by atoms with van der Waals surface area (Å²) in [6.45, 7) is 1.56. The topological polar surface area (TPSA) is 17.1 Å². The minimum absolute atomic E-state index is 0.109. The molecule has 0 saturated heterocycles. The van der Waals surface area contributed by atoms with E-state index >= 15 is 0 Å². The highest BCUT2D eigenvalue weighted by atomic mass is 32.2. The van der Waals surface area contributed by atoms with Crippen molar-refractivity contribution in [3.63, 3.8) is 0 Å². The van der Waals surface area contributed by atoms with Crippen LogP contribution in [0.3, 0.4) is 0 Å². The molecule has 0 aliphatic carbocycles. The molecule has 2 aromatic rings. The summed E-state index contributed by atoms with van der Waals surface area (Å²) in [6, 6.07) is 14.3. The Bertz CT molecular complexity index is 605. The number of carbonyl (C=O) groups is 1. The molecule has 0 unspecified atom stereocenters. The summed E-state index contributed by atoms with van der Waals surface area (Å²) in [7, 11) is 0. The van der Waals surface area contributed by atoms with Gasteiger partial charge in [-0.3, -0.25) is 4.79 Å². The van der Waals surface area contributed by atoms with Gasteiger partial charge < -0.3 is 0 Å². The van der Waals surface area contributed by atoms with Crippen molar-refractivity contribution in [3.05, 3.63) is 48.0 Å². The van der Waals surface area contributed by atoms with Gasteiger partial charge in [-0.1, -0.05) is 53.9 Å². The summed E-state index contributed by atoms with van der Waals surface area (Å²) in [5.74, 6) is 6.62. The molecule has 2 aromatic carbocycles. The Morgan fingerprint density at radius 1 is 1.18 bits per heavy atom. The third-order valence-corrected chi connectivity index (χ3v) is 3.02. The van der Waals surface area contributed by atoms with Crippen LogP contribution in [-0.4, -0.2) is 10.9 Å². The van der Waals surface area contributed by atoms with E-state index in [4.69, 9.17) is 0 Å². The van der Waals surface area contributed by atoms with Crippen molar-refractivity contribution in [2.24, 2.45) is 0 Å². The van der Waals surface area contributed by atoms with E-state index in [-0.39, 0.29) is 5.12 Å². The van der Waals surface area contributed by atoms with Gasteiger partial charge in [-0.15, -0.1) is 0 Å². The van der Waals surface area contributed by atoms with Crippen molar-refractivity contribution in [1.29, 1.82) is 0 Å². The van der Waals surface area contributed by atoms with Gasteiger partial charge in [0.1, 0.15) is 0 Å². The molecule has 0 saturated carbocycles. The average Bonchev–Trinajstić information content (AvgIpc) is 2.34. The summed E-state index contributed by atoms with van der Waals surface area (Å²) < 4.78 is 0. The SMILES string of the molecule is CC(=O)SCC#Cc1ccc2ccccc2c1. The molecule has 0 heterocycles. The van der Waals surface area contributed by atoms with Crippen LogP contribution in [0.1, 0.15) is 12.5 Å². The molecular weight excluding hydrogens is 228 g/mol. The van der Waals surface area contributed by atoms with Crippen LogP contribution in [0.25, 0.3) is 10.8 Å². The quantitative estimate of drug-likeness (QED) is 0.710. The maximum Gasteiger partial charge on any atom is 0.186 e. The van der Waals surface area contributed by atoms with Crippen molar-refractivity contribution in [1.82, 2.24) is 0 Å². The molecule has 0 bridgehead atoms. The van der Waals surface area contributed by atoms with Gasteiger partial charge in [0.15, 0.2) is 5.12 Å². The molecule has 0 N–H and O–H groups in total. The zero-order valence-corrected chi connectivity index (χ0v) is 10.4. The fourth-order valence-corrected chi connectivity index (χ4v) is 1.89. The zero-order valence-electron chi connectivity index (χ0n) is 9.57. The maximum absolute atomic E-state index is 10.7. The monoisotopic (exact) mass is 240 g/mol. The molecule has 0 atom stereocenters. The summed E-state index contributed by atoms with van der Waals surface area (Å²) >= 11 is 1.24. The number of fused-ring (bicyclic) bond motifs is 1. The van der Waals surface area contributed by atoms with E-state index in [0.717, 1.165) is 5.56 Å². The number of carbonyl (C=O) groups excluding carboxylic acids is 1. The van der Waals surface area contributed by atoms with Gasteiger partial charge in [0.05, 0.1) is 5.75 Å². The highest BCUT2D eigenvalue weighted by molar-refractivity contribution is 8.13. The lowest BCUT2D eigenvalue weighted by atomic mass is 10.1. The van der Waals surface area contributed by atoms with Crippen molar-refractivity contribution in [2.75, 3.05) is 5.75 Å². The van der Waals surface area contributed by atoms with Gasteiger partial charge >= 0.3 is 0 Å². The summed E-state index contributed by atoms with van der Waals surface area (Å²) in [6.07, 6.45) is 0. The van der Waals surface area contributed by atoms with Crippen molar-refractivity contribution >= 4 is 27.6 Å². The first-order valence-electron chi connectivity index (χ1n) is 5.37. The van der Waals surface area contributed by atoms with Crippen LogP contribution in [0.4, 0.5) is 0 Å². The smallest absolute Gasteiger partial charge is 0.186 e. The first-order chi connectivity index (χ1) is 8.25. The van der Waals surface area contributed by atoms with E-state index in [0.29, 0.717) is 5.75 Å². The second-order valence-corrected chi connectivity index (χ2v) is 4.80. The number of benzene rings is 2. The molecule has 0 amide bonds. The van der Waals surface area contributed by atoms with Crippen LogP contribution in [0, 0.1) is 11.8 Å². The number of hydrogen-bond donors (Lipinski definition) is 0. The third kappa shape index (κ3) is 3.37. The lowest BCUT2D eigenvalue weighted by Crippen LogP contribution is -1.82. The van der Waals surface area contributed by atoms with Crippen LogP contribution in [0.15, 0.2) is 42.5 Å². The molecule has 2 heteroatoms. The molecular formula is C15H12OS. The van der Waals surface area contributed by atoms with Gasteiger partial charge in [0.25, 0.3) is 0 Å². The highest BCUT2D eigenvalue weighted by Gasteiger charge is 1.93. The molecule has 0 radical (unpaired) electrons.